The molecule has 170 valence electrons. The first-order valence-electron chi connectivity index (χ1n) is 11.3. The molecule has 1 aliphatic carbocycles. The Kier molecular flexibility index (Phi) is 5.50. The van der Waals surface area contributed by atoms with Crippen LogP contribution in [0.5, 0.6) is 0 Å². The highest BCUT2D eigenvalue weighted by molar-refractivity contribution is 7.98. The van der Waals surface area contributed by atoms with Crippen molar-refractivity contribution < 1.29 is 0 Å². The van der Waals surface area contributed by atoms with Crippen molar-refractivity contribution in [1.29, 1.82) is 0 Å². The largest absolute Gasteiger partial charge is 0.309 e. The predicted molar refractivity (Wildman–Crippen MR) is 136 cm³/mol. The Morgan fingerprint density at radius 2 is 1.91 bits per heavy atom. The standard InChI is InChI=1S/C25H22N6OS2/c1-2-15-6-8-17(9-7-15)31-22(16-10-12-26-13-11-16)29-30-25(31)33-14-20-27-23(32)21-18-4-3-5-19(18)34-24(21)28-20/h6-13H,2-5,14H2,1H3,(H,27,28,32). The van der Waals surface area contributed by atoms with Crippen molar-refractivity contribution in [1.82, 2.24) is 29.7 Å². The fourth-order valence-corrected chi connectivity index (χ4v) is 6.52. The number of aryl methyl sites for hydroxylation is 3. The average Bonchev–Trinajstić information content (AvgIpc) is 3.58. The number of benzene rings is 1. The van der Waals surface area contributed by atoms with Gasteiger partial charge in [-0.15, -0.1) is 21.5 Å². The van der Waals surface area contributed by atoms with Crippen LogP contribution in [0.25, 0.3) is 27.3 Å². The monoisotopic (exact) mass is 486 g/mol. The van der Waals surface area contributed by atoms with Gasteiger partial charge >= 0.3 is 0 Å². The normalized spacial score (nSPS) is 13.0. The van der Waals surface area contributed by atoms with Gasteiger partial charge in [-0.3, -0.25) is 14.3 Å². The van der Waals surface area contributed by atoms with E-state index in [-0.39, 0.29) is 5.56 Å². The lowest BCUT2D eigenvalue weighted by Crippen LogP contribution is -2.11. The van der Waals surface area contributed by atoms with Crippen molar-refractivity contribution in [3.05, 3.63) is 81.0 Å². The molecule has 0 amide bonds. The summed E-state index contributed by atoms with van der Waals surface area (Å²) in [6.07, 6.45) is 7.65. The molecule has 0 saturated carbocycles. The van der Waals surface area contributed by atoms with E-state index in [9.17, 15) is 4.79 Å². The second kappa shape index (κ2) is 8.81. The average molecular weight is 487 g/mol. The molecule has 34 heavy (non-hydrogen) atoms. The van der Waals surface area contributed by atoms with Crippen molar-refractivity contribution in [3.63, 3.8) is 0 Å². The van der Waals surface area contributed by atoms with Gasteiger partial charge in [0.05, 0.1) is 11.1 Å². The number of fused-ring (bicyclic) bond motifs is 3. The quantitative estimate of drug-likeness (QED) is 0.341. The number of rotatable bonds is 6. The molecule has 9 heteroatoms. The van der Waals surface area contributed by atoms with Crippen LogP contribution in [0.1, 0.15) is 35.2 Å². The minimum Gasteiger partial charge on any atom is -0.309 e. The van der Waals surface area contributed by atoms with Crippen LogP contribution >= 0.6 is 23.1 Å². The number of nitrogens with zero attached hydrogens (tertiary/aromatic N) is 5. The number of hydrogen-bond acceptors (Lipinski definition) is 7. The lowest BCUT2D eigenvalue weighted by molar-refractivity contribution is 0.882. The van der Waals surface area contributed by atoms with E-state index in [0.717, 1.165) is 58.1 Å². The maximum Gasteiger partial charge on any atom is 0.259 e. The first-order valence-corrected chi connectivity index (χ1v) is 13.1. The van der Waals surface area contributed by atoms with Crippen LogP contribution in [0.2, 0.25) is 0 Å². The van der Waals surface area contributed by atoms with Gasteiger partial charge in [0.25, 0.3) is 5.56 Å². The zero-order valence-corrected chi connectivity index (χ0v) is 20.2. The second-order valence-corrected chi connectivity index (χ2v) is 10.3. The van der Waals surface area contributed by atoms with Crippen LogP contribution in [-0.4, -0.2) is 29.7 Å². The van der Waals surface area contributed by atoms with Crippen molar-refractivity contribution in [3.8, 4) is 17.1 Å². The molecule has 5 aromatic rings. The molecule has 4 heterocycles. The van der Waals surface area contributed by atoms with Gasteiger partial charge in [0, 0.05) is 28.5 Å². The van der Waals surface area contributed by atoms with E-state index < -0.39 is 0 Å². The van der Waals surface area contributed by atoms with Gasteiger partial charge in [-0.2, -0.15) is 0 Å². The van der Waals surface area contributed by atoms with E-state index in [4.69, 9.17) is 4.98 Å². The molecule has 0 atom stereocenters. The molecule has 0 unspecified atom stereocenters. The van der Waals surface area contributed by atoms with Crippen molar-refractivity contribution in [2.75, 3.05) is 0 Å². The van der Waals surface area contributed by atoms with E-state index >= 15 is 0 Å². The molecule has 0 saturated heterocycles. The molecular formula is C25H22N6OS2. The molecule has 1 aromatic carbocycles. The van der Waals surface area contributed by atoms with Gasteiger partial charge in [0.15, 0.2) is 11.0 Å². The summed E-state index contributed by atoms with van der Waals surface area (Å²) >= 11 is 3.18. The number of thioether (sulfide) groups is 1. The molecule has 0 fully saturated rings. The maximum absolute atomic E-state index is 12.8. The van der Waals surface area contributed by atoms with Crippen molar-refractivity contribution >= 4 is 33.3 Å². The third-order valence-electron chi connectivity index (χ3n) is 6.14. The Bertz CT molecular complexity index is 1540. The molecule has 0 aliphatic heterocycles. The van der Waals surface area contributed by atoms with Crippen LogP contribution in [0.3, 0.4) is 0 Å². The summed E-state index contributed by atoms with van der Waals surface area (Å²) in [5.74, 6) is 1.90. The topological polar surface area (TPSA) is 89.4 Å². The number of pyridine rings is 1. The highest BCUT2D eigenvalue weighted by Crippen LogP contribution is 2.35. The molecule has 1 N–H and O–H groups in total. The van der Waals surface area contributed by atoms with Crippen molar-refractivity contribution in [2.45, 2.75) is 43.5 Å². The molecule has 7 nitrogen and oxygen atoms in total. The minimum atomic E-state index is -0.0332. The molecule has 0 spiro atoms. The van der Waals surface area contributed by atoms with Gasteiger partial charge in [-0.05, 0) is 61.1 Å². The van der Waals surface area contributed by atoms with E-state index in [1.165, 1.54) is 27.8 Å². The Balaban J connectivity index is 1.36. The zero-order chi connectivity index (χ0) is 23.1. The fraction of sp³-hybridized carbons (Fsp3) is 0.240. The first kappa shape index (κ1) is 21.2. The first-order chi connectivity index (χ1) is 16.7. The number of H-pyrrole nitrogens is 1. The van der Waals surface area contributed by atoms with Crippen LogP contribution < -0.4 is 5.56 Å². The zero-order valence-electron chi connectivity index (χ0n) is 18.6. The van der Waals surface area contributed by atoms with Gasteiger partial charge < -0.3 is 4.98 Å². The smallest absolute Gasteiger partial charge is 0.259 e. The minimum absolute atomic E-state index is 0.0332. The summed E-state index contributed by atoms with van der Waals surface area (Å²) < 4.78 is 2.05. The Hall–Kier alpha value is -3.30. The van der Waals surface area contributed by atoms with Crippen LogP contribution in [0, 0.1) is 0 Å². The fourth-order valence-electron chi connectivity index (χ4n) is 4.41. The third kappa shape index (κ3) is 3.74. The number of aromatic nitrogens is 6. The summed E-state index contributed by atoms with van der Waals surface area (Å²) in [5, 5.41) is 10.5. The Morgan fingerprint density at radius 1 is 1.09 bits per heavy atom. The van der Waals surface area contributed by atoms with Gasteiger partial charge in [0.2, 0.25) is 0 Å². The number of nitrogens with one attached hydrogen (secondary N) is 1. The van der Waals surface area contributed by atoms with E-state index in [1.807, 2.05) is 12.1 Å². The third-order valence-corrected chi connectivity index (χ3v) is 8.26. The lowest BCUT2D eigenvalue weighted by Gasteiger charge is -2.11. The molecular weight excluding hydrogens is 464 g/mol. The van der Waals surface area contributed by atoms with Crippen molar-refractivity contribution in [2.24, 2.45) is 0 Å². The maximum atomic E-state index is 12.8. The summed E-state index contributed by atoms with van der Waals surface area (Å²) in [6.45, 7) is 2.14. The number of aromatic amines is 1. The SMILES string of the molecule is CCc1ccc(-n2c(SCc3nc4sc5c(c4c(=O)[nH]3)CCC5)nnc2-c2ccncc2)cc1. The number of hydrogen-bond donors (Lipinski definition) is 1. The van der Waals surface area contributed by atoms with E-state index in [0.29, 0.717) is 11.6 Å². The molecule has 4 aromatic heterocycles. The predicted octanol–water partition coefficient (Wildman–Crippen LogP) is 4.97. The highest BCUT2D eigenvalue weighted by Gasteiger charge is 2.22. The van der Waals surface area contributed by atoms with Gasteiger partial charge in [0.1, 0.15) is 10.7 Å². The highest BCUT2D eigenvalue weighted by atomic mass is 32.2. The Morgan fingerprint density at radius 3 is 2.71 bits per heavy atom. The molecule has 6 rings (SSSR count). The van der Waals surface area contributed by atoms with Crippen LogP contribution in [0.4, 0.5) is 0 Å². The lowest BCUT2D eigenvalue weighted by atomic mass is 10.1. The molecule has 1 aliphatic rings. The summed E-state index contributed by atoms with van der Waals surface area (Å²) in [5.41, 5.74) is 4.37. The summed E-state index contributed by atoms with van der Waals surface area (Å²) in [6, 6.07) is 12.3. The van der Waals surface area contributed by atoms with Gasteiger partial charge in [-0.1, -0.05) is 30.8 Å². The Labute approximate surface area is 204 Å². The second-order valence-electron chi connectivity index (χ2n) is 8.24. The van der Waals surface area contributed by atoms with E-state index in [2.05, 4.69) is 55.9 Å². The molecule has 0 radical (unpaired) electrons. The van der Waals surface area contributed by atoms with Crippen LogP contribution in [0.15, 0.2) is 58.7 Å². The molecule has 0 bridgehead atoms. The van der Waals surface area contributed by atoms with Crippen LogP contribution in [-0.2, 0) is 25.0 Å². The van der Waals surface area contributed by atoms with E-state index in [1.54, 1.807) is 23.7 Å². The van der Waals surface area contributed by atoms with Gasteiger partial charge in [-0.25, -0.2) is 4.98 Å². The summed E-state index contributed by atoms with van der Waals surface area (Å²) in [7, 11) is 0. The summed E-state index contributed by atoms with van der Waals surface area (Å²) in [4.78, 5) is 26.9. The number of thiophene rings is 1.